The van der Waals surface area contributed by atoms with Crippen LogP contribution in [0.15, 0.2) is 12.1 Å². The molecule has 1 aromatic carbocycles. The van der Waals surface area contributed by atoms with Crippen molar-refractivity contribution in [3.63, 3.8) is 0 Å². The fourth-order valence-corrected chi connectivity index (χ4v) is 1.73. The molecule has 1 N–H and O–H groups in total. The number of ether oxygens (including phenoxy) is 4. The largest absolute Gasteiger partial charge is 0.481 e. The van der Waals surface area contributed by atoms with Gasteiger partial charge in [-0.05, 0) is 12.5 Å². The maximum Gasteiger partial charge on any atom is 0.344 e. The lowest BCUT2D eigenvalue weighted by Crippen LogP contribution is -2.16. The second kappa shape index (κ2) is 7.00. The van der Waals surface area contributed by atoms with E-state index in [9.17, 15) is 9.90 Å². The molecule has 0 atom stereocenters. The molecule has 0 unspecified atom stereocenters. The Labute approximate surface area is 117 Å². The molecular weight excluding hydrogens is 264 g/mol. The SMILES string of the molecule is CCCCOC(=O)COc1cc2c(cc1CO)OCO2. The van der Waals surface area contributed by atoms with Crippen molar-refractivity contribution in [2.24, 2.45) is 0 Å². The highest BCUT2D eigenvalue weighted by molar-refractivity contribution is 5.71. The minimum absolute atomic E-state index is 0.142. The molecule has 1 aliphatic heterocycles. The average molecular weight is 282 g/mol. The van der Waals surface area contributed by atoms with Crippen molar-refractivity contribution in [3.05, 3.63) is 17.7 Å². The van der Waals surface area contributed by atoms with E-state index in [2.05, 4.69) is 0 Å². The fraction of sp³-hybridized carbons (Fsp3) is 0.500. The van der Waals surface area contributed by atoms with Crippen molar-refractivity contribution < 1.29 is 28.8 Å². The maximum atomic E-state index is 11.5. The average Bonchev–Trinajstić information content (AvgIpc) is 2.91. The molecule has 2 rings (SSSR count). The third-order valence-corrected chi connectivity index (χ3v) is 2.83. The van der Waals surface area contributed by atoms with Crippen LogP contribution >= 0.6 is 0 Å². The Morgan fingerprint density at radius 2 is 2.10 bits per heavy atom. The summed E-state index contributed by atoms with van der Waals surface area (Å²) >= 11 is 0. The molecule has 1 heterocycles. The van der Waals surface area contributed by atoms with Crippen LogP contribution in [-0.4, -0.2) is 31.1 Å². The molecule has 110 valence electrons. The molecule has 0 saturated carbocycles. The Hall–Kier alpha value is -1.95. The van der Waals surface area contributed by atoms with Gasteiger partial charge in [0.15, 0.2) is 18.1 Å². The van der Waals surface area contributed by atoms with E-state index >= 15 is 0 Å². The third-order valence-electron chi connectivity index (χ3n) is 2.83. The van der Waals surface area contributed by atoms with Crippen molar-refractivity contribution in [2.45, 2.75) is 26.4 Å². The minimum atomic E-state index is -0.431. The number of fused-ring (bicyclic) bond motifs is 1. The highest BCUT2D eigenvalue weighted by Crippen LogP contribution is 2.38. The standard InChI is InChI=1S/C14H18O6/c1-2-3-4-17-14(16)8-18-11-6-13-12(19-9-20-13)5-10(11)7-15/h5-6,15H,2-4,7-9H2,1H3. The van der Waals surface area contributed by atoms with Crippen molar-refractivity contribution in [1.29, 1.82) is 0 Å². The molecular formula is C14H18O6. The van der Waals surface area contributed by atoms with Gasteiger partial charge in [-0.15, -0.1) is 0 Å². The van der Waals surface area contributed by atoms with Crippen LogP contribution in [0.3, 0.4) is 0 Å². The molecule has 1 aromatic rings. The van der Waals surface area contributed by atoms with E-state index in [0.29, 0.717) is 29.4 Å². The number of rotatable bonds is 7. The second-order valence-corrected chi connectivity index (χ2v) is 4.33. The lowest BCUT2D eigenvalue weighted by molar-refractivity contribution is -0.146. The van der Waals surface area contributed by atoms with Gasteiger partial charge in [-0.3, -0.25) is 0 Å². The van der Waals surface area contributed by atoms with Crippen molar-refractivity contribution >= 4 is 5.97 Å². The van der Waals surface area contributed by atoms with Gasteiger partial charge in [-0.1, -0.05) is 13.3 Å². The first-order chi connectivity index (χ1) is 9.74. The molecule has 6 nitrogen and oxygen atoms in total. The summed E-state index contributed by atoms with van der Waals surface area (Å²) in [5.41, 5.74) is 0.538. The van der Waals surface area contributed by atoms with Gasteiger partial charge < -0.3 is 24.1 Å². The smallest absolute Gasteiger partial charge is 0.344 e. The van der Waals surface area contributed by atoms with Gasteiger partial charge in [0, 0.05) is 11.6 Å². The zero-order chi connectivity index (χ0) is 14.4. The molecule has 0 radical (unpaired) electrons. The van der Waals surface area contributed by atoms with Crippen LogP contribution in [0, 0.1) is 0 Å². The fourth-order valence-electron chi connectivity index (χ4n) is 1.73. The molecule has 0 amide bonds. The highest BCUT2D eigenvalue weighted by Gasteiger charge is 2.18. The predicted molar refractivity (Wildman–Crippen MR) is 69.8 cm³/mol. The predicted octanol–water partition coefficient (Wildman–Crippen LogP) is 1.63. The number of benzene rings is 1. The van der Waals surface area contributed by atoms with E-state index in [0.717, 1.165) is 12.8 Å². The van der Waals surface area contributed by atoms with Crippen LogP contribution in [0.2, 0.25) is 0 Å². The Morgan fingerprint density at radius 1 is 1.35 bits per heavy atom. The van der Waals surface area contributed by atoms with Gasteiger partial charge in [0.1, 0.15) is 5.75 Å². The van der Waals surface area contributed by atoms with E-state index < -0.39 is 5.97 Å². The zero-order valence-corrected chi connectivity index (χ0v) is 11.4. The zero-order valence-electron chi connectivity index (χ0n) is 11.4. The number of carbonyl (C=O) groups is 1. The number of aliphatic hydroxyl groups is 1. The Bertz CT molecular complexity index is 471. The number of hydrogen-bond donors (Lipinski definition) is 1. The van der Waals surface area contributed by atoms with E-state index in [1.807, 2.05) is 6.92 Å². The van der Waals surface area contributed by atoms with Crippen molar-refractivity contribution in [2.75, 3.05) is 20.0 Å². The Kier molecular flexibility index (Phi) is 5.06. The molecule has 0 bridgehead atoms. The Balaban J connectivity index is 1.93. The van der Waals surface area contributed by atoms with E-state index in [1.54, 1.807) is 12.1 Å². The number of carbonyl (C=O) groups excluding carboxylic acids is 1. The molecule has 1 aliphatic rings. The topological polar surface area (TPSA) is 74.2 Å². The third kappa shape index (κ3) is 3.54. The van der Waals surface area contributed by atoms with E-state index in [4.69, 9.17) is 18.9 Å². The molecule has 0 saturated heterocycles. The molecule has 0 aromatic heterocycles. The Morgan fingerprint density at radius 3 is 2.80 bits per heavy atom. The summed E-state index contributed by atoms with van der Waals surface area (Å²) in [7, 11) is 0. The maximum absolute atomic E-state index is 11.5. The monoisotopic (exact) mass is 282 g/mol. The normalized spacial score (nSPS) is 12.3. The van der Waals surface area contributed by atoms with Crippen LogP contribution < -0.4 is 14.2 Å². The van der Waals surface area contributed by atoms with E-state index in [-0.39, 0.29) is 20.0 Å². The number of aliphatic hydroxyl groups excluding tert-OH is 1. The minimum Gasteiger partial charge on any atom is -0.481 e. The summed E-state index contributed by atoms with van der Waals surface area (Å²) in [6, 6.07) is 3.24. The van der Waals surface area contributed by atoms with Gasteiger partial charge in [0.2, 0.25) is 6.79 Å². The first-order valence-corrected chi connectivity index (χ1v) is 6.56. The van der Waals surface area contributed by atoms with Gasteiger partial charge in [-0.2, -0.15) is 0 Å². The lowest BCUT2D eigenvalue weighted by atomic mass is 10.2. The number of unbranched alkanes of at least 4 members (excludes halogenated alkanes) is 1. The van der Waals surface area contributed by atoms with Crippen LogP contribution in [0.4, 0.5) is 0 Å². The first-order valence-electron chi connectivity index (χ1n) is 6.56. The van der Waals surface area contributed by atoms with Gasteiger partial charge in [0.25, 0.3) is 0 Å². The lowest BCUT2D eigenvalue weighted by Gasteiger charge is -2.11. The van der Waals surface area contributed by atoms with Crippen molar-refractivity contribution in [1.82, 2.24) is 0 Å². The summed E-state index contributed by atoms with van der Waals surface area (Å²) < 4.78 is 20.8. The van der Waals surface area contributed by atoms with Gasteiger partial charge in [0.05, 0.1) is 13.2 Å². The van der Waals surface area contributed by atoms with Crippen LogP contribution in [0.5, 0.6) is 17.2 Å². The first kappa shape index (κ1) is 14.5. The van der Waals surface area contributed by atoms with Crippen LogP contribution in [0.1, 0.15) is 25.3 Å². The summed E-state index contributed by atoms with van der Waals surface area (Å²) in [4.78, 5) is 11.5. The van der Waals surface area contributed by atoms with Crippen LogP contribution in [0.25, 0.3) is 0 Å². The molecule has 20 heavy (non-hydrogen) atoms. The molecule has 0 fully saturated rings. The highest BCUT2D eigenvalue weighted by atomic mass is 16.7. The van der Waals surface area contributed by atoms with E-state index in [1.165, 1.54) is 0 Å². The molecule has 0 spiro atoms. The molecule has 6 heteroatoms. The van der Waals surface area contributed by atoms with Gasteiger partial charge in [-0.25, -0.2) is 4.79 Å². The second-order valence-electron chi connectivity index (χ2n) is 4.33. The quantitative estimate of drug-likeness (QED) is 0.605. The van der Waals surface area contributed by atoms with Gasteiger partial charge >= 0.3 is 5.97 Å². The number of esters is 1. The number of hydrogen-bond acceptors (Lipinski definition) is 6. The summed E-state index contributed by atoms with van der Waals surface area (Å²) in [5, 5.41) is 9.30. The summed E-state index contributed by atoms with van der Waals surface area (Å²) in [6.45, 7) is 2.15. The molecule has 0 aliphatic carbocycles. The van der Waals surface area contributed by atoms with Crippen molar-refractivity contribution in [3.8, 4) is 17.2 Å². The summed E-state index contributed by atoms with van der Waals surface area (Å²) in [6.07, 6.45) is 1.79. The summed E-state index contributed by atoms with van der Waals surface area (Å²) in [5.74, 6) is 1.06. The van der Waals surface area contributed by atoms with Crippen LogP contribution in [-0.2, 0) is 16.1 Å².